The van der Waals surface area contributed by atoms with E-state index in [0.29, 0.717) is 6.54 Å². The number of amides is 1. The van der Waals surface area contributed by atoms with Crippen LogP contribution < -0.4 is 5.32 Å². The minimum absolute atomic E-state index is 0.0120. The summed E-state index contributed by atoms with van der Waals surface area (Å²) in [5.74, 6) is -0.0643. The standard InChI is InChI=1S/C17H15NO2S/c19-11-13-5-3-4-12(8-13)10-18-17(20)16-9-14-6-1-2-7-15(14)21-16/h1-9,19H,10-11H2,(H,18,20). The molecule has 0 fully saturated rings. The first-order chi connectivity index (χ1) is 10.3. The monoisotopic (exact) mass is 297 g/mol. The van der Waals surface area contributed by atoms with E-state index in [1.807, 2.05) is 54.6 Å². The van der Waals surface area contributed by atoms with Gasteiger partial charge >= 0.3 is 0 Å². The SMILES string of the molecule is O=C(NCc1cccc(CO)c1)c1cc2ccccc2s1. The zero-order chi connectivity index (χ0) is 14.7. The van der Waals surface area contributed by atoms with Gasteiger partial charge in [0.15, 0.2) is 0 Å². The minimum Gasteiger partial charge on any atom is -0.392 e. The number of benzene rings is 2. The molecule has 1 heterocycles. The third-order valence-corrected chi connectivity index (χ3v) is 4.39. The zero-order valence-corrected chi connectivity index (χ0v) is 12.2. The fourth-order valence-corrected chi connectivity index (χ4v) is 3.18. The van der Waals surface area contributed by atoms with Crippen LogP contribution in [0.4, 0.5) is 0 Å². The van der Waals surface area contributed by atoms with Gasteiger partial charge in [-0.1, -0.05) is 42.5 Å². The van der Waals surface area contributed by atoms with E-state index in [1.54, 1.807) is 0 Å². The fourth-order valence-electron chi connectivity index (χ4n) is 2.20. The Bertz CT molecular complexity index is 746. The molecule has 0 saturated carbocycles. The number of fused-ring (bicyclic) bond motifs is 1. The van der Waals surface area contributed by atoms with Crippen molar-refractivity contribution in [3.05, 3.63) is 70.6 Å². The van der Waals surface area contributed by atoms with Gasteiger partial charge in [-0.05, 0) is 28.6 Å². The van der Waals surface area contributed by atoms with E-state index in [1.165, 1.54) is 11.3 Å². The van der Waals surface area contributed by atoms with Crippen LogP contribution in [0.25, 0.3) is 10.1 Å². The zero-order valence-electron chi connectivity index (χ0n) is 11.4. The number of carbonyl (C=O) groups is 1. The lowest BCUT2D eigenvalue weighted by Crippen LogP contribution is -2.21. The molecule has 3 aromatic rings. The van der Waals surface area contributed by atoms with Crippen molar-refractivity contribution >= 4 is 27.3 Å². The maximum Gasteiger partial charge on any atom is 0.261 e. The predicted octanol–water partition coefficient (Wildman–Crippen LogP) is 3.32. The molecule has 0 bridgehead atoms. The number of aliphatic hydroxyl groups is 1. The number of nitrogens with one attached hydrogen (secondary N) is 1. The van der Waals surface area contributed by atoms with Crippen LogP contribution in [0, 0.1) is 0 Å². The second-order valence-corrected chi connectivity index (χ2v) is 5.89. The second-order valence-electron chi connectivity index (χ2n) is 4.81. The molecule has 2 N–H and O–H groups in total. The van der Waals surface area contributed by atoms with E-state index in [9.17, 15) is 4.79 Å². The molecule has 0 spiro atoms. The van der Waals surface area contributed by atoms with Crippen molar-refractivity contribution < 1.29 is 9.90 Å². The maximum atomic E-state index is 12.2. The summed E-state index contributed by atoms with van der Waals surface area (Å²) in [4.78, 5) is 12.9. The summed E-state index contributed by atoms with van der Waals surface area (Å²) in [5, 5.41) is 13.1. The third kappa shape index (κ3) is 3.12. The quantitative estimate of drug-likeness (QED) is 0.776. The van der Waals surface area contributed by atoms with Gasteiger partial charge in [0.1, 0.15) is 0 Å². The van der Waals surface area contributed by atoms with Gasteiger partial charge in [-0.15, -0.1) is 11.3 Å². The molecule has 0 atom stereocenters. The minimum atomic E-state index is -0.0643. The Labute approximate surface area is 126 Å². The van der Waals surface area contributed by atoms with Crippen molar-refractivity contribution in [2.75, 3.05) is 0 Å². The van der Waals surface area contributed by atoms with Gasteiger partial charge < -0.3 is 10.4 Å². The number of hydrogen-bond acceptors (Lipinski definition) is 3. The molecule has 3 nitrogen and oxygen atoms in total. The molecule has 1 amide bonds. The van der Waals surface area contributed by atoms with Crippen LogP contribution in [0.2, 0.25) is 0 Å². The molecule has 3 rings (SSSR count). The molecular weight excluding hydrogens is 282 g/mol. The first kappa shape index (κ1) is 13.8. The van der Waals surface area contributed by atoms with E-state index in [4.69, 9.17) is 5.11 Å². The predicted molar refractivity (Wildman–Crippen MR) is 85.4 cm³/mol. The van der Waals surface area contributed by atoms with Crippen LogP contribution in [-0.4, -0.2) is 11.0 Å². The molecule has 0 radical (unpaired) electrons. The lowest BCUT2D eigenvalue weighted by Gasteiger charge is -2.05. The molecule has 106 valence electrons. The van der Waals surface area contributed by atoms with Crippen molar-refractivity contribution in [3.63, 3.8) is 0 Å². The third-order valence-electron chi connectivity index (χ3n) is 3.28. The van der Waals surface area contributed by atoms with Crippen molar-refractivity contribution in [1.29, 1.82) is 0 Å². The normalized spacial score (nSPS) is 10.7. The van der Waals surface area contributed by atoms with Crippen molar-refractivity contribution in [2.24, 2.45) is 0 Å². The first-order valence-electron chi connectivity index (χ1n) is 6.72. The van der Waals surface area contributed by atoms with Crippen molar-refractivity contribution in [1.82, 2.24) is 5.32 Å². The van der Waals surface area contributed by atoms with Crippen LogP contribution in [0.15, 0.2) is 54.6 Å². The Kier molecular flexibility index (Phi) is 3.99. The highest BCUT2D eigenvalue weighted by Crippen LogP contribution is 2.25. The molecule has 2 aromatic carbocycles. The van der Waals surface area contributed by atoms with E-state index in [2.05, 4.69) is 5.32 Å². The Morgan fingerprint density at radius 1 is 1.05 bits per heavy atom. The summed E-state index contributed by atoms with van der Waals surface area (Å²) in [6.45, 7) is 0.471. The van der Waals surface area contributed by atoms with Gasteiger partial charge in [-0.3, -0.25) is 4.79 Å². The molecular formula is C17H15NO2S. The van der Waals surface area contributed by atoms with Gasteiger partial charge in [0.05, 0.1) is 11.5 Å². The van der Waals surface area contributed by atoms with Crippen LogP contribution in [0.3, 0.4) is 0 Å². The van der Waals surface area contributed by atoms with Gasteiger partial charge in [0.25, 0.3) is 5.91 Å². The van der Waals surface area contributed by atoms with E-state index < -0.39 is 0 Å². The van der Waals surface area contributed by atoms with Crippen LogP contribution >= 0.6 is 11.3 Å². The van der Waals surface area contributed by atoms with Gasteiger partial charge in [-0.25, -0.2) is 0 Å². The van der Waals surface area contributed by atoms with Crippen LogP contribution in [0.1, 0.15) is 20.8 Å². The lowest BCUT2D eigenvalue weighted by molar-refractivity contribution is 0.0955. The summed E-state index contributed by atoms with van der Waals surface area (Å²) in [5.41, 5.74) is 1.83. The lowest BCUT2D eigenvalue weighted by atomic mass is 10.1. The second kappa shape index (κ2) is 6.08. The molecule has 4 heteroatoms. The molecule has 0 saturated heterocycles. The number of aliphatic hydroxyl groups excluding tert-OH is 1. The fraction of sp³-hybridized carbons (Fsp3) is 0.118. The van der Waals surface area contributed by atoms with Crippen LogP contribution in [0.5, 0.6) is 0 Å². The smallest absolute Gasteiger partial charge is 0.261 e. The molecule has 21 heavy (non-hydrogen) atoms. The van der Waals surface area contributed by atoms with Gasteiger partial charge in [0.2, 0.25) is 0 Å². The molecule has 0 aliphatic rings. The Morgan fingerprint density at radius 2 is 1.86 bits per heavy atom. The molecule has 1 aromatic heterocycles. The Morgan fingerprint density at radius 3 is 2.67 bits per heavy atom. The molecule has 0 aliphatic heterocycles. The van der Waals surface area contributed by atoms with Crippen molar-refractivity contribution in [3.8, 4) is 0 Å². The topological polar surface area (TPSA) is 49.3 Å². The van der Waals surface area contributed by atoms with E-state index in [-0.39, 0.29) is 12.5 Å². The van der Waals surface area contributed by atoms with E-state index >= 15 is 0 Å². The maximum absolute atomic E-state index is 12.2. The Hall–Kier alpha value is -2.17. The Balaban J connectivity index is 1.71. The number of hydrogen-bond donors (Lipinski definition) is 2. The highest BCUT2D eigenvalue weighted by Gasteiger charge is 2.09. The van der Waals surface area contributed by atoms with Gasteiger partial charge in [0, 0.05) is 11.2 Å². The molecule has 0 unspecified atom stereocenters. The summed E-state index contributed by atoms with van der Waals surface area (Å²) in [6, 6.07) is 17.5. The highest BCUT2D eigenvalue weighted by atomic mass is 32.1. The summed E-state index contributed by atoms with van der Waals surface area (Å²) >= 11 is 1.50. The van der Waals surface area contributed by atoms with Gasteiger partial charge in [-0.2, -0.15) is 0 Å². The largest absolute Gasteiger partial charge is 0.392 e. The summed E-state index contributed by atoms with van der Waals surface area (Å²) in [7, 11) is 0. The number of carbonyl (C=O) groups excluding carboxylic acids is 1. The molecule has 0 aliphatic carbocycles. The average Bonchev–Trinajstić information content (AvgIpc) is 2.97. The summed E-state index contributed by atoms with van der Waals surface area (Å²) < 4.78 is 1.12. The number of rotatable bonds is 4. The number of thiophene rings is 1. The highest BCUT2D eigenvalue weighted by molar-refractivity contribution is 7.20. The average molecular weight is 297 g/mol. The summed E-state index contributed by atoms with van der Waals surface area (Å²) in [6.07, 6.45) is 0. The van der Waals surface area contributed by atoms with E-state index in [0.717, 1.165) is 26.1 Å². The van der Waals surface area contributed by atoms with Crippen LogP contribution in [-0.2, 0) is 13.2 Å². The van der Waals surface area contributed by atoms with Crippen molar-refractivity contribution in [2.45, 2.75) is 13.2 Å². The first-order valence-corrected chi connectivity index (χ1v) is 7.53.